The minimum atomic E-state index is 0.283. The second-order valence-electron chi connectivity index (χ2n) is 5.21. The van der Waals surface area contributed by atoms with E-state index in [1.807, 2.05) is 6.07 Å². The summed E-state index contributed by atoms with van der Waals surface area (Å²) in [6.07, 6.45) is 8.24. The maximum atomic E-state index is 9.70. The van der Waals surface area contributed by atoms with Gasteiger partial charge in [-0.2, -0.15) is 0 Å². The number of phenolic OH excluding ortho intramolecular Hbond substituents is 1. The number of nitrogens with one attached hydrogen (secondary N) is 1. The second-order valence-corrected chi connectivity index (χ2v) is 5.61. The molecule has 0 spiro atoms. The van der Waals surface area contributed by atoms with Crippen LogP contribution in [0.4, 0.5) is 0 Å². The number of benzene rings is 1. The van der Waals surface area contributed by atoms with Gasteiger partial charge in [0.1, 0.15) is 5.75 Å². The predicted molar refractivity (Wildman–Crippen MR) is 76.0 cm³/mol. The lowest BCUT2D eigenvalue weighted by atomic mass is 10.0. The van der Waals surface area contributed by atoms with Crippen LogP contribution in [0.1, 0.15) is 44.1 Å². The standard InChI is InChI=1S/C15H22ClNO/c16-14-8-3-9-15(18)13(14)11-17-10-4-7-12-5-1-2-6-12/h3,8-9,12,17-18H,1-2,4-7,10-11H2. The lowest BCUT2D eigenvalue weighted by molar-refractivity contribution is 0.455. The first-order valence-corrected chi connectivity index (χ1v) is 7.32. The summed E-state index contributed by atoms with van der Waals surface area (Å²) in [6.45, 7) is 1.65. The Labute approximate surface area is 114 Å². The van der Waals surface area contributed by atoms with E-state index in [-0.39, 0.29) is 5.75 Å². The average Bonchev–Trinajstić information content (AvgIpc) is 2.85. The van der Waals surface area contributed by atoms with Gasteiger partial charge in [0.25, 0.3) is 0 Å². The van der Waals surface area contributed by atoms with Crippen LogP contribution in [0.5, 0.6) is 5.75 Å². The summed E-state index contributed by atoms with van der Waals surface area (Å²) >= 11 is 6.05. The first kappa shape index (κ1) is 13.7. The third kappa shape index (κ3) is 3.89. The van der Waals surface area contributed by atoms with Gasteiger partial charge >= 0.3 is 0 Å². The average molecular weight is 268 g/mol. The van der Waals surface area contributed by atoms with Crippen molar-refractivity contribution >= 4 is 11.6 Å². The van der Waals surface area contributed by atoms with Crippen LogP contribution in [0.15, 0.2) is 18.2 Å². The number of hydrogen-bond acceptors (Lipinski definition) is 2. The molecule has 1 aromatic rings. The number of aromatic hydroxyl groups is 1. The molecule has 100 valence electrons. The third-order valence-corrected chi connectivity index (χ3v) is 4.19. The van der Waals surface area contributed by atoms with E-state index in [2.05, 4.69) is 5.32 Å². The molecular weight excluding hydrogens is 246 g/mol. The van der Waals surface area contributed by atoms with Crippen molar-refractivity contribution in [2.45, 2.75) is 45.1 Å². The number of rotatable bonds is 6. The Morgan fingerprint density at radius 1 is 1.28 bits per heavy atom. The number of hydrogen-bond donors (Lipinski definition) is 2. The Bertz CT molecular complexity index is 355. The highest BCUT2D eigenvalue weighted by molar-refractivity contribution is 6.31. The van der Waals surface area contributed by atoms with Crippen molar-refractivity contribution in [1.29, 1.82) is 0 Å². The topological polar surface area (TPSA) is 32.3 Å². The summed E-state index contributed by atoms with van der Waals surface area (Å²) in [5, 5.41) is 13.7. The summed E-state index contributed by atoms with van der Waals surface area (Å²) in [7, 11) is 0. The molecule has 1 aliphatic rings. The molecule has 0 bridgehead atoms. The minimum absolute atomic E-state index is 0.283. The smallest absolute Gasteiger partial charge is 0.121 e. The Kier molecular flexibility index (Phi) is 5.33. The fourth-order valence-electron chi connectivity index (χ4n) is 2.75. The molecule has 1 aromatic carbocycles. The fourth-order valence-corrected chi connectivity index (χ4v) is 2.99. The lowest BCUT2D eigenvalue weighted by Gasteiger charge is -2.10. The van der Waals surface area contributed by atoms with Gasteiger partial charge in [-0.25, -0.2) is 0 Å². The molecule has 1 fully saturated rings. The molecule has 0 aromatic heterocycles. The van der Waals surface area contributed by atoms with Crippen LogP contribution in [-0.4, -0.2) is 11.7 Å². The van der Waals surface area contributed by atoms with Crippen molar-refractivity contribution < 1.29 is 5.11 Å². The molecule has 2 nitrogen and oxygen atoms in total. The second kappa shape index (κ2) is 7.01. The molecule has 0 aliphatic heterocycles. The maximum absolute atomic E-state index is 9.70. The van der Waals surface area contributed by atoms with Crippen LogP contribution in [0.2, 0.25) is 5.02 Å². The first-order chi connectivity index (χ1) is 8.77. The van der Waals surface area contributed by atoms with E-state index in [4.69, 9.17) is 11.6 Å². The van der Waals surface area contributed by atoms with Gasteiger partial charge in [0.05, 0.1) is 0 Å². The third-order valence-electron chi connectivity index (χ3n) is 3.84. The molecule has 0 saturated heterocycles. The van der Waals surface area contributed by atoms with Gasteiger partial charge in [0.15, 0.2) is 0 Å². The van der Waals surface area contributed by atoms with Crippen molar-refractivity contribution in [3.8, 4) is 5.75 Å². The van der Waals surface area contributed by atoms with Crippen molar-refractivity contribution in [3.63, 3.8) is 0 Å². The van der Waals surface area contributed by atoms with Crippen LogP contribution in [-0.2, 0) is 6.54 Å². The Hall–Kier alpha value is -0.730. The van der Waals surface area contributed by atoms with Crippen molar-refractivity contribution in [2.75, 3.05) is 6.54 Å². The molecule has 0 atom stereocenters. The zero-order valence-electron chi connectivity index (χ0n) is 10.8. The summed E-state index contributed by atoms with van der Waals surface area (Å²) < 4.78 is 0. The number of halogens is 1. The van der Waals surface area contributed by atoms with Gasteiger partial charge in [-0.15, -0.1) is 0 Å². The molecular formula is C15H22ClNO. The van der Waals surface area contributed by atoms with Gasteiger partial charge in [-0.1, -0.05) is 43.4 Å². The van der Waals surface area contributed by atoms with Gasteiger partial charge in [0.2, 0.25) is 0 Å². The summed E-state index contributed by atoms with van der Waals surface area (Å²) in [6, 6.07) is 5.26. The van der Waals surface area contributed by atoms with Crippen LogP contribution in [0, 0.1) is 5.92 Å². The molecule has 3 heteroatoms. The molecule has 0 amide bonds. The Morgan fingerprint density at radius 3 is 2.78 bits per heavy atom. The Balaban J connectivity index is 1.65. The highest BCUT2D eigenvalue weighted by Gasteiger charge is 2.13. The van der Waals surface area contributed by atoms with Crippen molar-refractivity contribution in [1.82, 2.24) is 5.32 Å². The summed E-state index contributed by atoms with van der Waals surface area (Å²) in [5.41, 5.74) is 0.806. The van der Waals surface area contributed by atoms with E-state index >= 15 is 0 Å². The first-order valence-electron chi connectivity index (χ1n) is 6.94. The molecule has 2 rings (SSSR count). The maximum Gasteiger partial charge on any atom is 0.121 e. The molecule has 18 heavy (non-hydrogen) atoms. The van der Waals surface area contributed by atoms with Gasteiger partial charge < -0.3 is 10.4 Å². The predicted octanol–water partition coefficient (Wildman–Crippen LogP) is 4.11. The highest BCUT2D eigenvalue weighted by atomic mass is 35.5. The fraction of sp³-hybridized carbons (Fsp3) is 0.600. The van der Waals surface area contributed by atoms with E-state index in [1.165, 1.54) is 38.5 Å². The SMILES string of the molecule is Oc1cccc(Cl)c1CNCCCC1CCCC1. The molecule has 0 radical (unpaired) electrons. The van der Waals surface area contributed by atoms with Crippen LogP contribution in [0.25, 0.3) is 0 Å². The van der Waals surface area contributed by atoms with E-state index in [1.54, 1.807) is 12.1 Å². The largest absolute Gasteiger partial charge is 0.508 e. The van der Waals surface area contributed by atoms with Crippen molar-refractivity contribution in [3.05, 3.63) is 28.8 Å². The minimum Gasteiger partial charge on any atom is -0.508 e. The van der Waals surface area contributed by atoms with Crippen LogP contribution < -0.4 is 5.32 Å². The van der Waals surface area contributed by atoms with Crippen LogP contribution in [0.3, 0.4) is 0 Å². The molecule has 2 N–H and O–H groups in total. The summed E-state index contributed by atoms with van der Waals surface area (Å²) in [5.74, 6) is 1.24. The van der Waals surface area contributed by atoms with Gasteiger partial charge in [0, 0.05) is 17.1 Å². The normalized spacial score (nSPS) is 16.3. The zero-order valence-corrected chi connectivity index (χ0v) is 11.5. The van der Waals surface area contributed by atoms with Crippen LogP contribution >= 0.6 is 11.6 Å². The molecule has 0 unspecified atom stereocenters. The lowest BCUT2D eigenvalue weighted by Crippen LogP contribution is -2.15. The van der Waals surface area contributed by atoms with Crippen molar-refractivity contribution in [2.24, 2.45) is 5.92 Å². The monoisotopic (exact) mass is 267 g/mol. The van der Waals surface area contributed by atoms with E-state index in [9.17, 15) is 5.11 Å². The molecule has 1 aliphatic carbocycles. The molecule has 0 heterocycles. The van der Waals surface area contributed by atoms with Gasteiger partial charge in [-0.3, -0.25) is 0 Å². The van der Waals surface area contributed by atoms with E-state index < -0.39 is 0 Å². The van der Waals surface area contributed by atoms with E-state index in [0.29, 0.717) is 11.6 Å². The summed E-state index contributed by atoms with van der Waals surface area (Å²) in [4.78, 5) is 0. The van der Waals surface area contributed by atoms with Gasteiger partial charge in [-0.05, 0) is 37.4 Å². The zero-order chi connectivity index (χ0) is 12.8. The highest BCUT2D eigenvalue weighted by Crippen LogP contribution is 2.28. The number of phenols is 1. The quantitative estimate of drug-likeness (QED) is 0.761. The Morgan fingerprint density at radius 2 is 2.06 bits per heavy atom. The van der Waals surface area contributed by atoms with E-state index in [0.717, 1.165) is 18.0 Å². The molecule has 1 saturated carbocycles.